The zero-order chi connectivity index (χ0) is 18.5. The first-order valence-electron chi connectivity index (χ1n) is 9.04. The maximum Gasteiger partial charge on any atom is 0.257 e. The van der Waals surface area contributed by atoms with E-state index in [0.717, 1.165) is 48.8 Å². The van der Waals surface area contributed by atoms with Gasteiger partial charge in [-0.3, -0.25) is 9.78 Å². The molecule has 5 nitrogen and oxygen atoms in total. The predicted molar refractivity (Wildman–Crippen MR) is 107 cm³/mol. The zero-order valence-corrected chi connectivity index (χ0v) is 15.0. The summed E-state index contributed by atoms with van der Waals surface area (Å²) in [6.45, 7) is 3.29. The van der Waals surface area contributed by atoms with E-state index in [-0.39, 0.29) is 5.91 Å². The van der Waals surface area contributed by atoms with Crippen LogP contribution in [0.1, 0.15) is 10.4 Å². The van der Waals surface area contributed by atoms with Gasteiger partial charge in [0.25, 0.3) is 5.91 Å². The van der Waals surface area contributed by atoms with Crippen molar-refractivity contribution in [3.63, 3.8) is 0 Å². The van der Waals surface area contributed by atoms with Crippen LogP contribution >= 0.6 is 0 Å². The van der Waals surface area contributed by atoms with Crippen LogP contribution < -0.4 is 10.2 Å². The lowest BCUT2D eigenvalue weighted by molar-refractivity contribution is 0.102. The summed E-state index contributed by atoms with van der Waals surface area (Å²) in [5.41, 5.74) is 4.40. The van der Waals surface area contributed by atoms with Gasteiger partial charge in [0.1, 0.15) is 0 Å². The number of carbonyl (C=O) groups excluding carboxylic acids is 1. The maximum atomic E-state index is 12.6. The third-order valence-electron chi connectivity index (χ3n) is 4.61. The Balaban J connectivity index is 1.46. The number of carbonyl (C=O) groups is 1. The van der Waals surface area contributed by atoms with Gasteiger partial charge in [0, 0.05) is 42.4 Å². The summed E-state index contributed by atoms with van der Waals surface area (Å²) in [6, 6.07) is 19.7. The van der Waals surface area contributed by atoms with E-state index < -0.39 is 0 Å². The van der Waals surface area contributed by atoms with E-state index >= 15 is 0 Å². The van der Waals surface area contributed by atoms with Crippen molar-refractivity contribution in [3.05, 3.63) is 78.6 Å². The van der Waals surface area contributed by atoms with Gasteiger partial charge in [-0.05, 0) is 35.9 Å². The molecule has 0 aliphatic carbocycles. The van der Waals surface area contributed by atoms with Crippen LogP contribution in [-0.2, 0) is 4.74 Å². The standard InChI is InChI=1S/C22H21N3O2/c26-22(19-14-18(15-23-16-19)17-4-2-1-3-5-17)24-20-6-8-21(9-7-20)25-10-12-27-13-11-25/h1-9,14-16H,10-13H2,(H,24,26). The lowest BCUT2D eigenvalue weighted by Crippen LogP contribution is -2.36. The number of nitrogens with one attached hydrogen (secondary N) is 1. The second-order valence-corrected chi connectivity index (χ2v) is 6.43. The zero-order valence-electron chi connectivity index (χ0n) is 15.0. The molecule has 0 unspecified atom stereocenters. The van der Waals surface area contributed by atoms with Crippen molar-refractivity contribution in [2.24, 2.45) is 0 Å². The normalized spacial score (nSPS) is 14.0. The van der Waals surface area contributed by atoms with Gasteiger partial charge < -0.3 is 15.0 Å². The molecule has 0 bridgehead atoms. The molecule has 0 radical (unpaired) electrons. The Kier molecular flexibility index (Phi) is 5.12. The van der Waals surface area contributed by atoms with E-state index in [2.05, 4.69) is 15.2 Å². The van der Waals surface area contributed by atoms with Gasteiger partial charge in [0.2, 0.25) is 0 Å². The average Bonchev–Trinajstić information content (AvgIpc) is 2.75. The fourth-order valence-corrected chi connectivity index (χ4v) is 3.13. The molecule has 27 heavy (non-hydrogen) atoms. The molecular weight excluding hydrogens is 338 g/mol. The number of anilines is 2. The summed E-state index contributed by atoms with van der Waals surface area (Å²) < 4.78 is 5.38. The molecule has 136 valence electrons. The Morgan fingerprint density at radius 1 is 0.926 bits per heavy atom. The number of hydrogen-bond acceptors (Lipinski definition) is 4. The highest BCUT2D eigenvalue weighted by Gasteiger charge is 2.12. The van der Waals surface area contributed by atoms with E-state index in [9.17, 15) is 4.79 Å². The largest absolute Gasteiger partial charge is 0.378 e. The van der Waals surface area contributed by atoms with E-state index in [4.69, 9.17) is 4.74 Å². The third-order valence-corrected chi connectivity index (χ3v) is 4.61. The molecule has 1 N–H and O–H groups in total. The summed E-state index contributed by atoms with van der Waals surface area (Å²) in [5, 5.41) is 2.94. The molecule has 1 saturated heterocycles. The summed E-state index contributed by atoms with van der Waals surface area (Å²) in [7, 11) is 0. The topological polar surface area (TPSA) is 54.5 Å². The number of morpholine rings is 1. The Morgan fingerprint density at radius 2 is 1.67 bits per heavy atom. The molecule has 2 aromatic carbocycles. The van der Waals surface area contributed by atoms with E-state index in [1.807, 2.05) is 60.7 Å². The van der Waals surface area contributed by atoms with Crippen molar-refractivity contribution < 1.29 is 9.53 Å². The quantitative estimate of drug-likeness (QED) is 0.769. The molecule has 1 aliphatic heterocycles. The first-order chi connectivity index (χ1) is 13.3. The molecule has 0 spiro atoms. The molecule has 3 aromatic rings. The molecule has 1 amide bonds. The second kappa shape index (κ2) is 8.01. The number of rotatable bonds is 4. The van der Waals surface area contributed by atoms with Crippen molar-refractivity contribution in [2.75, 3.05) is 36.5 Å². The predicted octanol–water partition coefficient (Wildman–Crippen LogP) is 3.84. The van der Waals surface area contributed by atoms with Gasteiger partial charge in [-0.1, -0.05) is 30.3 Å². The third kappa shape index (κ3) is 4.15. The minimum atomic E-state index is -0.167. The van der Waals surface area contributed by atoms with Crippen molar-refractivity contribution in [1.82, 2.24) is 4.98 Å². The highest BCUT2D eigenvalue weighted by molar-refractivity contribution is 6.04. The first-order valence-corrected chi connectivity index (χ1v) is 9.04. The summed E-state index contributed by atoms with van der Waals surface area (Å²) >= 11 is 0. The van der Waals surface area contributed by atoms with Crippen LogP contribution in [0.2, 0.25) is 0 Å². The SMILES string of the molecule is O=C(Nc1ccc(N2CCOCC2)cc1)c1cncc(-c2ccccc2)c1. The molecule has 2 heterocycles. The fourth-order valence-electron chi connectivity index (χ4n) is 3.13. The van der Waals surface area contributed by atoms with Crippen molar-refractivity contribution >= 4 is 17.3 Å². The van der Waals surface area contributed by atoms with Gasteiger partial charge in [-0.15, -0.1) is 0 Å². The highest BCUT2D eigenvalue weighted by Crippen LogP contribution is 2.21. The van der Waals surface area contributed by atoms with Gasteiger partial charge in [0.05, 0.1) is 18.8 Å². The Bertz CT molecular complexity index is 904. The lowest BCUT2D eigenvalue weighted by Gasteiger charge is -2.28. The number of hydrogen-bond donors (Lipinski definition) is 1. The summed E-state index contributed by atoms with van der Waals surface area (Å²) in [5.74, 6) is -0.167. The number of aromatic nitrogens is 1. The summed E-state index contributed by atoms with van der Waals surface area (Å²) in [4.78, 5) is 19.1. The molecule has 0 atom stereocenters. The molecule has 5 heteroatoms. The van der Waals surface area contributed by atoms with Crippen molar-refractivity contribution in [3.8, 4) is 11.1 Å². The van der Waals surface area contributed by atoms with Crippen molar-refractivity contribution in [2.45, 2.75) is 0 Å². The van der Waals surface area contributed by atoms with E-state index in [1.165, 1.54) is 0 Å². The Labute approximate surface area is 158 Å². The molecule has 0 saturated carbocycles. The Hall–Kier alpha value is -3.18. The van der Waals surface area contributed by atoms with Crippen molar-refractivity contribution in [1.29, 1.82) is 0 Å². The average molecular weight is 359 g/mol. The second-order valence-electron chi connectivity index (χ2n) is 6.43. The van der Waals surface area contributed by atoms with Gasteiger partial charge >= 0.3 is 0 Å². The molecule has 1 aliphatic rings. The monoisotopic (exact) mass is 359 g/mol. The number of benzene rings is 2. The number of ether oxygens (including phenoxy) is 1. The van der Waals surface area contributed by atoms with Crippen LogP contribution in [0.4, 0.5) is 11.4 Å². The van der Waals surface area contributed by atoms with Crippen LogP contribution in [0.15, 0.2) is 73.1 Å². The lowest BCUT2D eigenvalue weighted by atomic mass is 10.1. The number of pyridine rings is 1. The minimum absolute atomic E-state index is 0.167. The van der Waals surface area contributed by atoms with Gasteiger partial charge in [-0.25, -0.2) is 0 Å². The smallest absolute Gasteiger partial charge is 0.257 e. The molecule has 1 fully saturated rings. The first kappa shape index (κ1) is 17.2. The fraction of sp³-hybridized carbons (Fsp3) is 0.182. The van der Waals surface area contributed by atoms with E-state index in [1.54, 1.807) is 12.4 Å². The molecular formula is C22H21N3O2. The van der Waals surface area contributed by atoms with Crippen LogP contribution in [-0.4, -0.2) is 37.2 Å². The minimum Gasteiger partial charge on any atom is -0.378 e. The maximum absolute atomic E-state index is 12.6. The summed E-state index contributed by atoms with van der Waals surface area (Å²) in [6.07, 6.45) is 3.35. The Morgan fingerprint density at radius 3 is 2.41 bits per heavy atom. The molecule has 1 aromatic heterocycles. The van der Waals surface area contributed by atoms with E-state index in [0.29, 0.717) is 5.56 Å². The van der Waals surface area contributed by atoms with Crippen LogP contribution in [0.3, 0.4) is 0 Å². The van der Waals surface area contributed by atoms with Gasteiger partial charge in [-0.2, -0.15) is 0 Å². The highest BCUT2D eigenvalue weighted by atomic mass is 16.5. The van der Waals surface area contributed by atoms with Crippen LogP contribution in [0.5, 0.6) is 0 Å². The van der Waals surface area contributed by atoms with Crippen LogP contribution in [0, 0.1) is 0 Å². The van der Waals surface area contributed by atoms with Crippen LogP contribution in [0.25, 0.3) is 11.1 Å². The number of nitrogens with zero attached hydrogens (tertiary/aromatic N) is 2. The van der Waals surface area contributed by atoms with Gasteiger partial charge in [0.15, 0.2) is 0 Å². The number of amides is 1. The molecule has 4 rings (SSSR count).